The Morgan fingerprint density at radius 2 is 1.96 bits per heavy atom. The zero-order valence-corrected chi connectivity index (χ0v) is 16.1. The molecule has 1 heterocycles. The average Bonchev–Trinajstić information content (AvgIpc) is 2.60. The summed E-state index contributed by atoms with van der Waals surface area (Å²) < 4.78 is 38.8. The van der Waals surface area contributed by atoms with Crippen LogP contribution in [0.3, 0.4) is 0 Å². The van der Waals surface area contributed by atoms with E-state index >= 15 is 0 Å². The molecule has 1 fully saturated rings. The standard InChI is InChI=1S/C19H27F3N2O.ClH/c1-3-17(15-5-4-6-16(13-15)19(20,21)22)18(25)24-11-8-14(9-12-24)7-10-23-2;/h4-6,13-14,17,23H,3,7-12H2,1-2H3;1H. The summed E-state index contributed by atoms with van der Waals surface area (Å²) in [6, 6.07) is 5.18. The fraction of sp³-hybridized carbons (Fsp3) is 0.632. The molecule has 1 aromatic rings. The minimum atomic E-state index is -4.39. The van der Waals surface area contributed by atoms with Crippen molar-refractivity contribution in [3.05, 3.63) is 35.4 Å². The number of nitrogens with zero attached hydrogens (tertiary/aromatic N) is 1. The molecule has 1 aromatic carbocycles. The lowest BCUT2D eigenvalue weighted by Crippen LogP contribution is -2.41. The highest BCUT2D eigenvalue weighted by atomic mass is 35.5. The molecule has 0 aromatic heterocycles. The predicted octanol–water partition coefficient (Wildman–Crippen LogP) is 4.47. The summed E-state index contributed by atoms with van der Waals surface area (Å²) >= 11 is 0. The molecule has 0 bridgehead atoms. The van der Waals surface area contributed by atoms with Gasteiger partial charge in [0.05, 0.1) is 11.5 Å². The lowest BCUT2D eigenvalue weighted by molar-refractivity contribution is -0.138. The van der Waals surface area contributed by atoms with E-state index in [0.29, 0.717) is 31.0 Å². The van der Waals surface area contributed by atoms with E-state index in [9.17, 15) is 18.0 Å². The van der Waals surface area contributed by atoms with Crippen molar-refractivity contribution in [1.82, 2.24) is 10.2 Å². The highest BCUT2D eigenvalue weighted by Crippen LogP contribution is 2.33. The summed E-state index contributed by atoms with van der Waals surface area (Å²) in [4.78, 5) is 14.7. The molecule has 1 atom stereocenters. The highest BCUT2D eigenvalue weighted by molar-refractivity contribution is 5.85. The first kappa shape index (κ1) is 22.8. The Kier molecular flexibility index (Phi) is 8.90. The molecule has 0 spiro atoms. The summed E-state index contributed by atoms with van der Waals surface area (Å²) in [6.45, 7) is 4.22. The molecule has 0 aliphatic carbocycles. The third kappa shape index (κ3) is 5.88. The molecule has 0 radical (unpaired) electrons. The molecule has 1 amide bonds. The number of amides is 1. The van der Waals surface area contributed by atoms with Crippen molar-refractivity contribution >= 4 is 18.3 Å². The van der Waals surface area contributed by atoms with Crippen molar-refractivity contribution in [2.45, 2.75) is 44.7 Å². The molecule has 2 rings (SSSR count). The van der Waals surface area contributed by atoms with Crippen LogP contribution < -0.4 is 5.32 Å². The Hall–Kier alpha value is -1.27. The van der Waals surface area contributed by atoms with E-state index in [0.717, 1.165) is 37.9 Å². The fourth-order valence-electron chi connectivity index (χ4n) is 3.50. The Bertz CT molecular complexity index is 572. The molecule has 1 aliphatic rings. The predicted molar refractivity (Wildman–Crippen MR) is 99.6 cm³/mol. The molecule has 1 aliphatic heterocycles. The Morgan fingerprint density at radius 3 is 2.50 bits per heavy atom. The number of benzene rings is 1. The van der Waals surface area contributed by atoms with Crippen molar-refractivity contribution in [3.8, 4) is 0 Å². The van der Waals surface area contributed by atoms with Crippen molar-refractivity contribution < 1.29 is 18.0 Å². The zero-order chi connectivity index (χ0) is 18.4. The SMILES string of the molecule is CCC(C(=O)N1CCC(CCNC)CC1)c1cccc(C(F)(F)F)c1.Cl. The van der Waals surface area contributed by atoms with Gasteiger partial charge in [-0.2, -0.15) is 13.2 Å². The molecule has 3 nitrogen and oxygen atoms in total. The van der Waals surface area contributed by atoms with Crippen LogP contribution in [-0.2, 0) is 11.0 Å². The van der Waals surface area contributed by atoms with Gasteiger partial charge in [0.25, 0.3) is 0 Å². The molecule has 148 valence electrons. The summed E-state index contributed by atoms with van der Waals surface area (Å²) in [7, 11) is 1.93. The van der Waals surface area contributed by atoms with E-state index in [1.165, 1.54) is 6.07 Å². The first-order valence-corrected chi connectivity index (χ1v) is 8.97. The van der Waals surface area contributed by atoms with E-state index in [-0.39, 0.29) is 18.3 Å². The van der Waals surface area contributed by atoms with Gasteiger partial charge in [0.1, 0.15) is 0 Å². The number of piperidine rings is 1. The largest absolute Gasteiger partial charge is 0.416 e. The second-order valence-corrected chi connectivity index (χ2v) is 6.74. The first-order valence-electron chi connectivity index (χ1n) is 8.97. The maximum atomic E-state index is 12.9. The van der Waals surface area contributed by atoms with Crippen LogP contribution in [0.2, 0.25) is 0 Å². The number of alkyl halides is 3. The number of likely N-dealkylation sites (tertiary alicyclic amines) is 1. The fourth-order valence-corrected chi connectivity index (χ4v) is 3.50. The van der Waals surface area contributed by atoms with Crippen LogP contribution in [-0.4, -0.2) is 37.5 Å². The molecule has 26 heavy (non-hydrogen) atoms. The van der Waals surface area contributed by atoms with E-state index in [1.54, 1.807) is 6.07 Å². The molecule has 1 saturated heterocycles. The van der Waals surface area contributed by atoms with Gasteiger partial charge in [-0.1, -0.05) is 25.1 Å². The van der Waals surface area contributed by atoms with Crippen LogP contribution in [0.25, 0.3) is 0 Å². The molecule has 1 N–H and O–H groups in total. The van der Waals surface area contributed by atoms with Crippen LogP contribution in [0.1, 0.15) is 49.7 Å². The van der Waals surface area contributed by atoms with E-state index < -0.39 is 17.7 Å². The van der Waals surface area contributed by atoms with Gasteiger partial charge < -0.3 is 10.2 Å². The minimum absolute atomic E-state index is 0. The Balaban J connectivity index is 0.00000338. The van der Waals surface area contributed by atoms with Gasteiger partial charge in [-0.25, -0.2) is 0 Å². The molecular weight excluding hydrogens is 365 g/mol. The van der Waals surface area contributed by atoms with Gasteiger partial charge in [0.2, 0.25) is 5.91 Å². The molecular formula is C19H28ClF3N2O. The zero-order valence-electron chi connectivity index (χ0n) is 15.3. The topological polar surface area (TPSA) is 32.3 Å². The van der Waals surface area contributed by atoms with Crippen LogP contribution in [0.15, 0.2) is 24.3 Å². The number of carbonyl (C=O) groups is 1. The van der Waals surface area contributed by atoms with E-state index in [1.807, 2.05) is 18.9 Å². The minimum Gasteiger partial charge on any atom is -0.342 e. The van der Waals surface area contributed by atoms with Gasteiger partial charge in [-0.05, 0) is 56.8 Å². The lowest BCUT2D eigenvalue weighted by Gasteiger charge is -2.34. The van der Waals surface area contributed by atoms with Crippen LogP contribution in [0.5, 0.6) is 0 Å². The number of carbonyl (C=O) groups excluding carboxylic acids is 1. The van der Waals surface area contributed by atoms with E-state index in [4.69, 9.17) is 0 Å². The number of hydrogen-bond acceptors (Lipinski definition) is 2. The van der Waals surface area contributed by atoms with Crippen LogP contribution >= 0.6 is 12.4 Å². The maximum Gasteiger partial charge on any atom is 0.416 e. The summed E-state index contributed by atoms with van der Waals surface area (Å²) in [5.74, 6) is 0.0650. The van der Waals surface area contributed by atoms with Gasteiger partial charge in [0.15, 0.2) is 0 Å². The second kappa shape index (κ2) is 10.2. The molecule has 7 heteroatoms. The number of halogens is 4. The smallest absolute Gasteiger partial charge is 0.342 e. The quantitative estimate of drug-likeness (QED) is 0.774. The Labute approximate surface area is 159 Å². The maximum absolute atomic E-state index is 12.9. The molecule has 0 saturated carbocycles. The Morgan fingerprint density at radius 1 is 1.31 bits per heavy atom. The number of hydrogen-bond donors (Lipinski definition) is 1. The number of nitrogens with one attached hydrogen (secondary N) is 1. The summed E-state index contributed by atoms with van der Waals surface area (Å²) in [5, 5.41) is 3.14. The van der Waals surface area contributed by atoms with Crippen molar-refractivity contribution in [2.75, 3.05) is 26.7 Å². The van der Waals surface area contributed by atoms with Gasteiger partial charge >= 0.3 is 6.18 Å². The summed E-state index contributed by atoms with van der Waals surface area (Å²) in [6.07, 6.45) is -0.856. The number of rotatable bonds is 6. The summed E-state index contributed by atoms with van der Waals surface area (Å²) in [5.41, 5.74) is -0.235. The van der Waals surface area contributed by atoms with Crippen LogP contribution in [0.4, 0.5) is 13.2 Å². The molecule has 1 unspecified atom stereocenters. The van der Waals surface area contributed by atoms with Crippen molar-refractivity contribution in [1.29, 1.82) is 0 Å². The third-order valence-electron chi connectivity index (χ3n) is 5.05. The third-order valence-corrected chi connectivity index (χ3v) is 5.05. The highest BCUT2D eigenvalue weighted by Gasteiger charge is 2.33. The van der Waals surface area contributed by atoms with Crippen LogP contribution in [0, 0.1) is 5.92 Å². The van der Waals surface area contributed by atoms with Gasteiger partial charge in [-0.3, -0.25) is 4.79 Å². The lowest BCUT2D eigenvalue weighted by atomic mass is 9.90. The van der Waals surface area contributed by atoms with Crippen molar-refractivity contribution in [2.24, 2.45) is 5.92 Å². The monoisotopic (exact) mass is 392 g/mol. The van der Waals surface area contributed by atoms with Gasteiger partial charge in [0, 0.05) is 13.1 Å². The average molecular weight is 393 g/mol. The first-order chi connectivity index (χ1) is 11.9. The van der Waals surface area contributed by atoms with Crippen molar-refractivity contribution in [3.63, 3.8) is 0 Å². The van der Waals surface area contributed by atoms with E-state index in [2.05, 4.69) is 5.32 Å². The second-order valence-electron chi connectivity index (χ2n) is 6.74. The normalized spacial score (nSPS) is 16.9. The van der Waals surface area contributed by atoms with Gasteiger partial charge in [-0.15, -0.1) is 12.4 Å².